The van der Waals surface area contributed by atoms with Crippen molar-refractivity contribution in [1.29, 1.82) is 0 Å². The summed E-state index contributed by atoms with van der Waals surface area (Å²) in [6.07, 6.45) is -2.10. The van der Waals surface area contributed by atoms with Crippen molar-refractivity contribution in [2.24, 2.45) is 0 Å². The van der Waals surface area contributed by atoms with Crippen LogP contribution in [0.2, 0.25) is 0 Å². The molecule has 0 aliphatic heterocycles. The Morgan fingerprint density at radius 1 is 0.512 bits per heavy atom. The van der Waals surface area contributed by atoms with Crippen molar-refractivity contribution >= 4 is 53.1 Å². The molecule has 0 saturated carbocycles. The Labute approximate surface area is 250 Å². The third kappa shape index (κ3) is 13.8. The number of benzene rings is 2. The van der Waals surface area contributed by atoms with Crippen molar-refractivity contribution in [3.8, 4) is 0 Å². The van der Waals surface area contributed by atoms with Gasteiger partial charge in [0.2, 0.25) is 0 Å². The zero-order valence-corrected chi connectivity index (χ0v) is 27.3. The number of hydrogen-bond donors (Lipinski definition) is 8. The van der Waals surface area contributed by atoms with Crippen molar-refractivity contribution in [1.82, 2.24) is 0 Å². The van der Waals surface area contributed by atoms with Crippen LogP contribution < -0.4 is 19.6 Å². The average molecular weight is 688 g/mol. The lowest BCUT2D eigenvalue weighted by Gasteiger charge is -2.34. The molecule has 16 nitrogen and oxygen atoms in total. The topological polar surface area (TPSA) is 243 Å². The van der Waals surface area contributed by atoms with E-state index in [2.05, 4.69) is 0 Å². The van der Waals surface area contributed by atoms with E-state index in [1.165, 1.54) is 38.8 Å². The van der Waals surface area contributed by atoms with Crippen LogP contribution >= 0.6 is 30.4 Å². The first-order valence-corrected chi connectivity index (χ1v) is 20.2. The van der Waals surface area contributed by atoms with E-state index in [0.29, 0.717) is 23.5 Å². The molecule has 0 atom stereocenters. The molecule has 0 heterocycles. The molecule has 0 radical (unpaired) electrons. The lowest BCUT2D eigenvalue weighted by atomic mass is 10.2. The summed E-state index contributed by atoms with van der Waals surface area (Å²) in [7, 11) is -16.9. The summed E-state index contributed by atoms with van der Waals surface area (Å²) in [5.41, 5.74) is 1.22. The molecule has 0 spiro atoms. The largest absolute Gasteiger partial charge is 0.361 e. The molecule has 8 N–H and O–H groups in total. The van der Waals surface area contributed by atoms with Gasteiger partial charge in [0.1, 0.15) is 25.1 Å². The number of para-hydroxylation sites is 4. The van der Waals surface area contributed by atoms with Crippen molar-refractivity contribution in [3.63, 3.8) is 0 Å². The highest BCUT2D eigenvalue weighted by Crippen LogP contribution is 2.44. The SMILES string of the molecule is CCCN(CP(=O)(O)O)c1ccccc1N(CCCN(CP(=O)(O)O)c1ccccc1N(C)CP(=O)(O)O)CP(=O)(O)O. The second-order valence-electron chi connectivity index (χ2n) is 10.0. The van der Waals surface area contributed by atoms with E-state index in [1.807, 2.05) is 6.92 Å². The fourth-order valence-corrected chi connectivity index (χ4v) is 7.52. The van der Waals surface area contributed by atoms with Crippen LogP contribution in [-0.2, 0) is 18.3 Å². The van der Waals surface area contributed by atoms with E-state index in [0.717, 1.165) is 0 Å². The van der Waals surface area contributed by atoms with Gasteiger partial charge in [0.15, 0.2) is 0 Å². The molecule has 0 aliphatic carbocycles. The van der Waals surface area contributed by atoms with Crippen LogP contribution in [0, 0.1) is 0 Å². The third-order valence-corrected chi connectivity index (χ3v) is 8.93. The highest BCUT2D eigenvalue weighted by molar-refractivity contribution is 7.52. The Hall–Kier alpha value is -1.76. The molecule has 0 saturated heterocycles. The van der Waals surface area contributed by atoms with Crippen LogP contribution in [0.25, 0.3) is 0 Å². The number of anilines is 4. The fraction of sp³-hybridized carbons (Fsp3) is 0.478. The molecule has 0 aliphatic rings. The Morgan fingerprint density at radius 3 is 1.14 bits per heavy atom. The van der Waals surface area contributed by atoms with Gasteiger partial charge in [0.25, 0.3) is 0 Å². The van der Waals surface area contributed by atoms with Crippen molar-refractivity contribution in [2.45, 2.75) is 19.8 Å². The van der Waals surface area contributed by atoms with Gasteiger partial charge < -0.3 is 58.7 Å². The molecule has 0 bridgehead atoms. The smallest absolute Gasteiger partial charge is 0.344 e. The van der Waals surface area contributed by atoms with E-state index in [-0.39, 0.29) is 31.7 Å². The minimum Gasteiger partial charge on any atom is -0.361 e. The van der Waals surface area contributed by atoms with Gasteiger partial charge in [-0.2, -0.15) is 0 Å². The Balaban J connectivity index is 2.45. The first-order valence-electron chi connectivity index (χ1n) is 13.0. The highest BCUT2D eigenvalue weighted by atomic mass is 31.2. The predicted octanol–water partition coefficient (Wildman–Crippen LogP) is 2.58. The first-order chi connectivity index (χ1) is 19.7. The van der Waals surface area contributed by atoms with Crippen LogP contribution in [0.15, 0.2) is 48.5 Å². The van der Waals surface area contributed by atoms with Gasteiger partial charge in [-0.15, -0.1) is 0 Å². The summed E-state index contributed by atoms with van der Waals surface area (Å²) in [6, 6.07) is 12.7. The number of hydrogen-bond acceptors (Lipinski definition) is 8. The van der Waals surface area contributed by atoms with Gasteiger partial charge in [-0.3, -0.25) is 18.3 Å². The normalized spacial score (nSPS) is 12.7. The third-order valence-electron chi connectivity index (χ3n) is 6.01. The van der Waals surface area contributed by atoms with Crippen LogP contribution in [0.3, 0.4) is 0 Å². The van der Waals surface area contributed by atoms with Crippen molar-refractivity contribution < 1.29 is 57.4 Å². The Bertz CT molecular complexity index is 1390. The second-order valence-corrected chi connectivity index (χ2v) is 16.5. The molecule has 2 rings (SSSR count). The van der Waals surface area contributed by atoms with Gasteiger partial charge in [0, 0.05) is 26.7 Å². The number of rotatable bonds is 18. The first kappa shape index (κ1) is 37.4. The highest BCUT2D eigenvalue weighted by Gasteiger charge is 2.28. The van der Waals surface area contributed by atoms with Gasteiger partial charge in [-0.1, -0.05) is 31.2 Å². The van der Waals surface area contributed by atoms with Crippen LogP contribution in [0.4, 0.5) is 22.7 Å². The van der Waals surface area contributed by atoms with E-state index >= 15 is 0 Å². The van der Waals surface area contributed by atoms with E-state index in [4.69, 9.17) is 0 Å². The molecule has 2 aromatic carbocycles. The molecule has 43 heavy (non-hydrogen) atoms. The molecule has 20 heteroatoms. The second kappa shape index (κ2) is 15.5. The van der Waals surface area contributed by atoms with Crippen molar-refractivity contribution in [3.05, 3.63) is 48.5 Å². The zero-order chi connectivity index (χ0) is 32.6. The van der Waals surface area contributed by atoms with E-state index in [1.54, 1.807) is 36.4 Å². The quantitative estimate of drug-likeness (QED) is 0.105. The summed E-state index contributed by atoms with van der Waals surface area (Å²) in [5.74, 6) is 0. The standard InChI is InChI=1S/C23H40N4O12P4/c1-3-13-25(17-41(31,32)33)22-11-6-7-12-23(22)27(19-43(37,38)39)15-8-14-26(18-42(34,35)36)21-10-5-4-9-20(21)24(2)16-40(28,29)30/h4-7,9-12H,3,8,13-19H2,1-2H3,(H2,28,29,30)(H2,31,32,33)(H2,34,35,36)(H2,37,38,39). The van der Waals surface area contributed by atoms with Gasteiger partial charge >= 0.3 is 30.4 Å². The molecule has 2 aromatic rings. The minimum atomic E-state index is -4.66. The average Bonchev–Trinajstić information content (AvgIpc) is 2.84. The summed E-state index contributed by atoms with van der Waals surface area (Å²) < 4.78 is 47.6. The monoisotopic (exact) mass is 688 g/mol. The lowest BCUT2D eigenvalue weighted by molar-refractivity contribution is 0.368. The predicted molar refractivity (Wildman–Crippen MR) is 166 cm³/mol. The maximum atomic E-state index is 12.1. The molecular formula is C23H40N4O12P4. The molecule has 0 aromatic heterocycles. The minimum absolute atomic E-state index is 0.0316. The van der Waals surface area contributed by atoms with E-state index in [9.17, 15) is 57.4 Å². The fourth-order valence-electron chi connectivity index (χ4n) is 4.60. The molecule has 0 fully saturated rings. The Kier molecular flexibility index (Phi) is 13.5. The zero-order valence-electron chi connectivity index (χ0n) is 23.8. The lowest BCUT2D eigenvalue weighted by Crippen LogP contribution is -2.34. The maximum Gasteiger partial charge on any atom is 0.344 e. The summed E-state index contributed by atoms with van der Waals surface area (Å²) >= 11 is 0. The van der Waals surface area contributed by atoms with Gasteiger partial charge in [-0.05, 0) is 37.1 Å². The van der Waals surface area contributed by atoms with Crippen LogP contribution in [0.1, 0.15) is 19.8 Å². The summed E-state index contributed by atoms with van der Waals surface area (Å²) in [4.78, 5) is 82.8. The van der Waals surface area contributed by atoms with Crippen LogP contribution in [0.5, 0.6) is 0 Å². The molecule has 0 amide bonds. The summed E-state index contributed by atoms with van der Waals surface area (Å²) in [6.45, 7) is 2.00. The summed E-state index contributed by atoms with van der Waals surface area (Å²) in [5, 5.41) is 0. The molecule has 244 valence electrons. The van der Waals surface area contributed by atoms with Gasteiger partial charge in [-0.25, -0.2) is 0 Å². The van der Waals surface area contributed by atoms with E-state index < -0.39 is 55.5 Å². The Morgan fingerprint density at radius 2 is 0.814 bits per heavy atom. The van der Waals surface area contributed by atoms with Gasteiger partial charge in [0.05, 0.1) is 22.7 Å². The number of nitrogens with zero attached hydrogens (tertiary/aromatic N) is 4. The molecule has 0 unspecified atom stereocenters. The maximum absolute atomic E-state index is 12.1. The van der Waals surface area contributed by atoms with Crippen LogP contribution in [-0.4, -0.2) is 91.0 Å². The molecular weight excluding hydrogens is 648 g/mol. The van der Waals surface area contributed by atoms with Crippen molar-refractivity contribution in [2.75, 3.05) is 71.4 Å².